The Morgan fingerprint density at radius 2 is 2.00 bits per heavy atom. The largest absolute Gasteiger partial charge is 0.416 e. The van der Waals surface area contributed by atoms with E-state index in [0.29, 0.717) is 24.6 Å². The molecule has 142 valence electrons. The molecule has 0 saturated heterocycles. The maximum absolute atomic E-state index is 12.8. The van der Waals surface area contributed by atoms with Gasteiger partial charge in [0.25, 0.3) is 0 Å². The van der Waals surface area contributed by atoms with Crippen LogP contribution in [0.1, 0.15) is 33.6 Å². The quantitative estimate of drug-likeness (QED) is 0.583. The lowest BCUT2D eigenvalue weighted by molar-refractivity contribution is -0.137. The molecule has 0 aliphatic carbocycles. The summed E-state index contributed by atoms with van der Waals surface area (Å²) in [6.07, 6.45) is -3.57. The number of nitrogens with zero attached hydrogens (tertiary/aromatic N) is 2. The molecule has 0 aliphatic heterocycles. The van der Waals surface area contributed by atoms with E-state index in [1.54, 1.807) is 17.4 Å². The standard InChI is InChI=1S/C18H23F3N4S/c1-4-22-17(23-9-8-16-25-12(2)13(3)26-16)24-11-14-6-5-7-15(10-14)18(19,20)21/h5-7,10H,4,8-9,11H2,1-3H3,(H2,22,23,24). The summed E-state index contributed by atoms with van der Waals surface area (Å²) in [6, 6.07) is 5.24. The van der Waals surface area contributed by atoms with E-state index in [-0.39, 0.29) is 6.54 Å². The first-order valence-electron chi connectivity index (χ1n) is 8.40. The first-order chi connectivity index (χ1) is 12.3. The average molecular weight is 384 g/mol. The second kappa shape index (κ2) is 9.02. The number of aryl methyl sites for hydroxylation is 2. The number of hydrogen-bond acceptors (Lipinski definition) is 3. The number of alkyl halides is 3. The number of aromatic nitrogens is 1. The molecule has 0 radical (unpaired) electrons. The van der Waals surface area contributed by atoms with E-state index in [0.717, 1.165) is 29.3 Å². The number of halogens is 3. The van der Waals surface area contributed by atoms with E-state index in [1.165, 1.54) is 10.9 Å². The van der Waals surface area contributed by atoms with Crippen molar-refractivity contribution in [3.63, 3.8) is 0 Å². The molecule has 2 aromatic rings. The molecule has 1 aromatic carbocycles. The van der Waals surface area contributed by atoms with Crippen molar-refractivity contribution in [3.05, 3.63) is 51.0 Å². The van der Waals surface area contributed by atoms with Gasteiger partial charge in [0.15, 0.2) is 5.96 Å². The number of hydrogen-bond donors (Lipinski definition) is 2. The first-order valence-corrected chi connectivity index (χ1v) is 9.22. The van der Waals surface area contributed by atoms with Gasteiger partial charge >= 0.3 is 6.18 Å². The van der Waals surface area contributed by atoms with Crippen LogP contribution in [0.4, 0.5) is 13.2 Å². The van der Waals surface area contributed by atoms with Gasteiger partial charge in [0.05, 0.1) is 22.8 Å². The molecule has 0 spiro atoms. The van der Waals surface area contributed by atoms with Crippen molar-refractivity contribution in [2.75, 3.05) is 13.1 Å². The Hall–Kier alpha value is -2.09. The molecule has 1 aromatic heterocycles. The molecule has 0 unspecified atom stereocenters. The van der Waals surface area contributed by atoms with E-state index in [1.807, 2.05) is 20.8 Å². The molecule has 2 rings (SSSR count). The fraction of sp³-hybridized carbons (Fsp3) is 0.444. The normalized spacial score (nSPS) is 12.3. The summed E-state index contributed by atoms with van der Waals surface area (Å²) < 4.78 is 38.3. The van der Waals surface area contributed by atoms with Crippen LogP contribution in [0.15, 0.2) is 29.3 Å². The number of nitrogens with one attached hydrogen (secondary N) is 2. The van der Waals surface area contributed by atoms with Crippen LogP contribution in [0.2, 0.25) is 0 Å². The lowest BCUT2D eigenvalue weighted by Crippen LogP contribution is -2.38. The Morgan fingerprint density at radius 1 is 1.23 bits per heavy atom. The van der Waals surface area contributed by atoms with Gasteiger partial charge in [-0.3, -0.25) is 0 Å². The van der Waals surface area contributed by atoms with Crippen LogP contribution in [0.5, 0.6) is 0 Å². The van der Waals surface area contributed by atoms with Crippen LogP contribution < -0.4 is 10.6 Å². The molecule has 0 fully saturated rings. The minimum absolute atomic E-state index is 0.175. The number of rotatable bonds is 6. The predicted octanol–water partition coefficient (Wildman–Crippen LogP) is 4.08. The van der Waals surface area contributed by atoms with E-state index in [9.17, 15) is 13.2 Å². The second-order valence-corrected chi connectivity index (χ2v) is 7.11. The molecule has 1 heterocycles. The van der Waals surface area contributed by atoms with E-state index in [2.05, 4.69) is 20.6 Å². The topological polar surface area (TPSA) is 49.3 Å². The van der Waals surface area contributed by atoms with Crippen LogP contribution in [0.25, 0.3) is 0 Å². The highest BCUT2D eigenvalue weighted by Gasteiger charge is 2.30. The summed E-state index contributed by atoms with van der Waals surface area (Å²) in [5, 5.41) is 7.35. The van der Waals surface area contributed by atoms with Gasteiger partial charge in [-0.15, -0.1) is 11.3 Å². The van der Waals surface area contributed by atoms with Gasteiger partial charge in [-0.25, -0.2) is 9.98 Å². The Labute approximate surface area is 155 Å². The fourth-order valence-corrected chi connectivity index (χ4v) is 3.23. The maximum atomic E-state index is 12.8. The monoisotopic (exact) mass is 384 g/mol. The smallest absolute Gasteiger partial charge is 0.357 e. The van der Waals surface area contributed by atoms with Crippen LogP contribution in [-0.4, -0.2) is 24.0 Å². The third-order valence-corrected chi connectivity index (χ3v) is 4.86. The van der Waals surface area contributed by atoms with Crippen molar-refractivity contribution in [1.29, 1.82) is 0 Å². The van der Waals surface area contributed by atoms with Crippen molar-refractivity contribution in [3.8, 4) is 0 Å². The Bertz CT molecular complexity index is 734. The minimum atomic E-state index is -4.34. The number of thiazole rings is 1. The van der Waals surface area contributed by atoms with E-state index >= 15 is 0 Å². The lowest BCUT2D eigenvalue weighted by atomic mass is 10.1. The molecule has 0 amide bonds. The highest BCUT2D eigenvalue weighted by atomic mass is 32.1. The number of guanidine groups is 1. The molecule has 0 atom stereocenters. The summed E-state index contributed by atoms with van der Waals surface area (Å²) in [6.45, 7) is 7.47. The summed E-state index contributed by atoms with van der Waals surface area (Å²) in [7, 11) is 0. The molecule has 26 heavy (non-hydrogen) atoms. The highest BCUT2D eigenvalue weighted by Crippen LogP contribution is 2.29. The summed E-state index contributed by atoms with van der Waals surface area (Å²) in [5.41, 5.74) is 0.913. The Kier molecular flexibility index (Phi) is 7.02. The van der Waals surface area contributed by atoms with E-state index in [4.69, 9.17) is 0 Å². The van der Waals surface area contributed by atoms with Crippen molar-refractivity contribution in [1.82, 2.24) is 15.6 Å². The molecule has 0 bridgehead atoms. The van der Waals surface area contributed by atoms with Gasteiger partial charge in [-0.2, -0.15) is 13.2 Å². The van der Waals surface area contributed by atoms with Gasteiger partial charge < -0.3 is 10.6 Å². The van der Waals surface area contributed by atoms with Crippen molar-refractivity contribution < 1.29 is 13.2 Å². The SMILES string of the molecule is CCNC(=NCc1cccc(C(F)(F)F)c1)NCCc1nc(C)c(C)s1. The summed E-state index contributed by atoms with van der Waals surface area (Å²) in [4.78, 5) is 10.1. The van der Waals surface area contributed by atoms with Crippen LogP contribution in [0.3, 0.4) is 0 Å². The molecule has 0 saturated carbocycles. The summed E-state index contributed by atoms with van der Waals surface area (Å²) >= 11 is 1.68. The molecule has 8 heteroatoms. The Morgan fingerprint density at radius 3 is 2.62 bits per heavy atom. The van der Waals surface area contributed by atoms with Gasteiger partial charge in [-0.05, 0) is 38.5 Å². The Balaban J connectivity index is 1.95. The van der Waals surface area contributed by atoms with Gasteiger partial charge in [-0.1, -0.05) is 12.1 Å². The first kappa shape index (κ1) is 20.2. The highest BCUT2D eigenvalue weighted by molar-refractivity contribution is 7.11. The molecule has 0 aliphatic rings. The third-order valence-electron chi connectivity index (χ3n) is 3.72. The minimum Gasteiger partial charge on any atom is -0.357 e. The molecular weight excluding hydrogens is 361 g/mol. The van der Waals surface area contributed by atoms with Crippen molar-refractivity contribution in [2.24, 2.45) is 4.99 Å². The van der Waals surface area contributed by atoms with Gasteiger partial charge in [0.1, 0.15) is 0 Å². The second-order valence-electron chi connectivity index (χ2n) is 5.82. The molecular formula is C18H23F3N4S. The molecule has 4 nitrogen and oxygen atoms in total. The maximum Gasteiger partial charge on any atom is 0.416 e. The average Bonchev–Trinajstić information content (AvgIpc) is 2.90. The van der Waals surface area contributed by atoms with E-state index < -0.39 is 11.7 Å². The van der Waals surface area contributed by atoms with Gasteiger partial charge in [0, 0.05) is 24.4 Å². The van der Waals surface area contributed by atoms with Crippen LogP contribution >= 0.6 is 11.3 Å². The van der Waals surface area contributed by atoms with Crippen molar-refractivity contribution >= 4 is 17.3 Å². The van der Waals surface area contributed by atoms with Gasteiger partial charge in [0.2, 0.25) is 0 Å². The summed E-state index contributed by atoms with van der Waals surface area (Å²) in [5.74, 6) is 0.579. The van der Waals surface area contributed by atoms with Crippen LogP contribution in [-0.2, 0) is 19.1 Å². The zero-order chi connectivity index (χ0) is 19.2. The predicted molar refractivity (Wildman–Crippen MR) is 99.6 cm³/mol. The van der Waals surface area contributed by atoms with Crippen LogP contribution in [0, 0.1) is 13.8 Å². The number of benzene rings is 1. The third kappa shape index (κ3) is 6.01. The zero-order valence-electron chi connectivity index (χ0n) is 15.1. The molecule has 2 N–H and O–H groups in total. The fourth-order valence-electron chi connectivity index (χ4n) is 2.29. The van der Waals surface area contributed by atoms with Crippen molar-refractivity contribution in [2.45, 2.75) is 39.9 Å². The number of aliphatic imine (C=N–C) groups is 1. The zero-order valence-corrected chi connectivity index (χ0v) is 15.9. The lowest BCUT2D eigenvalue weighted by Gasteiger charge is -2.11.